The number of nitrogens with zero attached hydrogens (tertiary/aromatic N) is 5. The Morgan fingerprint density at radius 2 is 1.79 bits per heavy atom. The number of ether oxygens (including phenoxy) is 1. The molecule has 0 fully saturated rings. The normalized spacial score (nSPS) is 15.8. The van der Waals surface area contributed by atoms with E-state index >= 15 is 0 Å². The quantitative estimate of drug-likeness (QED) is 0.545. The monoisotopic (exact) mass is 529 g/mol. The molecule has 3 rings (SSSR count). The summed E-state index contributed by atoms with van der Waals surface area (Å²) in [6, 6.07) is 4.48. The molecule has 210 valence electrons. The van der Waals surface area contributed by atoms with E-state index in [1.54, 1.807) is 11.0 Å². The highest BCUT2D eigenvalue weighted by Crippen LogP contribution is 2.26. The van der Waals surface area contributed by atoms with Gasteiger partial charge in [0.25, 0.3) is 5.91 Å². The van der Waals surface area contributed by atoms with E-state index in [1.807, 2.05) is 30.5 Å². The largest absolute Gasteiger partial charge is 0.375 e. The molecule has 2 heterocycles. The van der Waals surface area contributed by atoms with Crippen LogP contribution in [0.5, 0.6) is 0 Å². The van der Waals surface area contributed by atoms with Gasteiger partial charge < -0.3 is 19.4 Å². The van der Waals surface area contributed by atoms with Gasteiger partial charge in [0, 0.05) is 58.1 Å². The summed E-state index contributed by atoms with van der Waals surface area (Å²) in [5.74, 6) is -0.0213. The number of aromatic nitrogens is 2. The Hall–Kier alpha value is -2.78. The topological polar surface area (TPSA) is 70.9 Å². The van der Waals surface area contributed by atoms with Crippen molar-refractivity contribution >= 4 is 17.5 Å². The summed E-state index contributed by atoms with van der Waals surface area (Å²) in [4.78, 5) is 32.6. The molecule has 0 saturated heterocycles. The van der Waals surface area contributed by atoms with Crippen molar-refractivity contribution in [3.8, 4) is 0 Å². The van der Waals surface area contributed by atoms with Gasteiger partial charge in [-0.1, -0.05) is 13.8 Å². The van der Waals surface area contributed by atoms with Gasteiger partial charge in [-0.05, 0) is 81.4 Å². The minimum atomic E-state index is -0.382. The Morgan fingerprint density at radius 1 is 1.08 bits per heavy atom. The van der Waals surface area contributed by atoms with E-state index in [9.17, 15) is 14.0 Å². The van der Waals surface area contributed by atoms with Gasteiger partial charge in [-0.25, -0.2) is 4.39 Å². The summed E-state index contributed by atoms with van der Waals surface area (Å²) in [5.41, 5.74) is 4.38. The third-order valence-corrected chi connectivity index (χ3v) is 7.24. The van der Waals surface area contributed by atoms with Crippen LogP contribution in [-0.2, 0) is 34.3 Å². The van der Waals surface area contributed by atoms with Gasteiger partial charge in [0.1, 0.15) is 12.4 Å². The molecule has 0 radical (unpaired) electrons. The van der Waals surface area contributed by atoms with E-state index < -0.39 is 0 Å². The number of hydrogen-bond donors (Lipinski definition) is 0. The number of anilines is 1. The van der Waals surface area contributed by atoms with Crippen LogP contribution >= 0.6 is 0 Å². The van der Waals surface area contributed by atoms with Crippen molar-refractivity contribution in [2.45, 2.75) is 59.9 Å². The van der Waals surface area contributed by atoms with Crippen LogP contribution in [0.15, 0.2) is 18.2 Å². The average Bonchev–Trinajstić information content (AvgIpc) is 3.09. The standard InChI is InChI=1S/C29H44FN5O3/c1-21(2)18-33-13-7-15-34(28(36)12-10-26-22(3)31-32(5)23(26)4)19-24-17-25(30)9-11-27(24)35(16-8-14-33)29(37)20-38-6/h9,11,17,21H,7-8,10,12-16,18-20H2,1-6H3. The van der Waals surface area contributed by atoms with E-state index in [-0.39, 0.29) is 30.8 Å². The predicted octanol–water partition coefficient (Wildman–Crippen LogP) is 3.87. The van der Waals surface area contributed by atoms with E-state index in [2.05, 4.69) is 23.8 Å². The fourth-order valence-corrected chi connectivity index (χ4v) is 5.34. The lowest BCUT2D eigenvalue weighted by Gasteiger charge is -2.32. The van der Waals surface area contributed by atoms with Crippen molar-refractivity contribution < 1.29 is 18.7 Å². The first kappa shape index (κ1) is 29.8. The minimum absolute atomic E-state index is 0.0186. The van der Waals surface area contributed by atoms with Gasteiger partial charge in [0.2, 0.25) is 5.91 Å². The van der Waals surface area contributed by atoms with Crippen molar-refractivity contribution in [3.63, 3.8) is 0 Å². The number of benzene rings is 1. The summed E-state index contributed by atoms with van der Waals surface area (Å²) in [7, 11) is 3.41. The second-order valence-corrected chi connectivity index (χ2v) is 10.7. The van der Waals surface area contributed by atoms with E-state index in [1.165, 1.54) is 19.2 Å². The number of hydrogen-bond acceptors (Lipinski definition) is 5. The molecule has 0 spiro atoms. The number of carbonyl (C=O) groups is 2. The highest BCUT2D eigenvalue weighted by Gasteiger charge is 2.24. The van der Waals surface area contributed by atoms with Crippen LogP contribution in [0.2, 0.25) is 0 Å². The molecule has 0 unspecified atom stereocenters. The number of carbonyl (C=O) groups excluding carboxylic acids is 2. The fraction of sp³-hybridized carbons (Fsp3) is 0.621. The lowest BCUT2D eigenvalue weighted by molar-refractivity contribution is -0.131. The van der Waals surface area contributed by atoms with Crippen molar-refractivity contribution in [2.24, 2.45) is 13.0 Å². The first-order valence-electron chi connectivity index (χ1n) is 13.7. The molecule has 38 heavy (non-hydrogen) atoms. The molecule has 1 aromatic carbocycles. The van der Waals surface area contributed by atoms with Crippen molar-refractivity contribution in [1.29, 1.82) is 0 Å². The predicted molar refractivity (Wildman–Crippen MR) is 148 cm³/mol. The van der Waals surface area contributed by atoms with E-state index in [0.29, 0.717) is 43.1 Å². The van der Waals surface area contributed by atoms with Crippen molar-refractivity contribution in [3.05, 3.63) is 46.5 Å². The van der Waals surface area contributed by atoms with Crippen LogP contribution in [0.4, 0.5) is 10.1 Å². The maximum absolute atomic E-state index is 14.4. The summed E-state index contributed by atoms with van der Waals surface area (Å²) in [5, 5.41) is 4.48. The Morgan fingerprint density at radius 3 is 2.42 bits per heavy atom. The van der Waals surface area contributed by atoms with Crippen LogP contribution in [0.3, 0.4) is 0 Å². The highest BCUT2D eigenvalue weighted by atomic mass is 19.1. The van der Waals surface area contributed by atoms with E-state index in [0.717, 1.165) is 49.4 Å². The van der Waals surface area contributed by atoms with Crippen molar-refractivity contribution in [1.82, 2.24) is 19.6 Å². The Bertz CT molecular complexity index is 1100. The van der Waals surface area contributed by atoms with Gasteiger partial charge in [-0.2, -0.15) is 5.10 Å². The second kappa shape index (κ2) is 13.8. The third kappa shape index (κ3) is 7.86. The summed E-state index contributed by atoms with van der Waals surface area (Å²) in [6.45, 7) is 12.3. The SMILES string of the molecule is COCC(=O)N1CCCN(CC(C)C)CCCN(C(=O)CCc2c(C)nn(C)c2C)Cc2cc(F)ccc21. The Labute approximate surface area is 226 Å². The van der Waals surface area contributed by atoms with Gasteiger partial charge in [0.15, 0.2) is 0 Å². The van der Waals surface area contributed by atoms with Gasteiger partial charge >= 0.3 is 0 Å². The number of aryl methyl sites for hydroxylation is 2. The van der Waals surface area contributed by atoms with E-state index in [4.69, 9.17) is 4.74 Å². The van der Waals surface area contributed by atoms with Crippen molar-refractivity contribution in [2.75, 3.05) is 51.3 Å². The molecule has 0 bridgehead atoms. The van der Waals surface area contributed by atoms with Gasteiger partial charge in [-0.3, -0.25) is 14.3 Å². The molecule has 1 aliphatic heterocycles. The third-order valence-electron chi connectivity index (χ3n) is 7.24. The molecular weight excluding hydrogens is 485 g/mol. The average molecular weight is 530 g/mol. The molecule has 1 aromatic heterocycles. The Balaban J connectivity index is 1.91. The summed E-state index contributed by atoms with van der Waals surface area (Å²) >= 11 is 0. The second-order valence-electron chi connectivity index (χ2n) is 10.7. The molecule has 2 amide bonds. The number of amides is 2. The molecule has 0 atom stereocenters. The van der Waals surface area contributed by atoms with Gasteiger partial charge in [0.05, 0.1) is 5.69 Å². The smallest absolute Gasteiger partial charge is 0.252 e. The molecule has 2 aromatic rings. The molecule has 0 saturated carbocycles. The Kier molecular flexibility index (Phi) is 10.8. The lowest BCUT2D eigenvalue weighted by Crippen LogP contribution is -2.40. The van der Waals surface area contributed by atoms with Crippen LogP contribution in [0.25, 0.3) is 0 Å². The molecule has 9 heteroatoms. The minimum Gasteiger partial charge on any atom is -0.375 e. The number of fused-ring (bicyclic) bond motifs is 1. The first-order chi connectivity index (χ1) is 18.1. The lowest BCUT2D eigenvalue weighted by atomic mass is 10.1. The zero-order valence-corrected chi connectivity index (χ0v) is 23.9. The molecule has 8 nitrogen and oxygen atoms in total. The molecule has 0 N–H and O–H groups in total. The number of methoxy groups -OCH3 is 1. The van der Waals surface area contributed by atoms with Crippen LogP contribution in [0, 0.1) is 25.6 Å². The maximum Gasteiger partial charge on any atom is 0.252 e. The maximum atomic E-state index is 14.4. The van der Waals surface area contributed by atoms with Crippen LogP contribution in [-0.4, -0.2) is 77.8 Å². The first-order valence-corrected chi connectivity index (χ1v) is 13.7. The number of halogens is 1. The fourth-order valence-electron chi connectivity index (χ4n) is 5.34. The highest BCUT2D eigenvalue weighted by molar-refractivity contribution is 5.95. The summed E-state index contributed by atoms with van der Waals surface area (Å²) < 4.78 is 21.4. The molecular formula is C29H44FN5O3. The zero-order valence-electron chi connectivity index (χ0n) is 23.9. The number of rotatable bonds is 7. The summed E-state index contributed by atoms with van der Waals surface area (Å²) in [6.07, 6.45) is 2.58. The molecule has 1 aliphatic rings. The van der Waals surface area contributed by atoms with Crippen LogP contribution < -0.4 is 4.90 Å². The zero-order chi connectivity index (χ0) is 27.8. The van der Waals surface area contributed by atoms with Crippen LogP contribution in [0.1, 0.15) is 55.6 Å². The molecule has 0 aliphatic carbocycles. The van der Waals surface area contributed by atoms with Gasteiger partial charge in [-0.15, -0.1) is 0 Å².